The van der Waals surface area contributed by atoms with Crippen molar-refractivity contribution in [3.8, 4) is 5.75 Å². The van der Waals surface area contributed by atoms with Crippen molar-refractivity contribution in [2.45, 2.75) is 31.4 Å². The lowest BCUT2D eigenvalue weighted by Gasteiger charge is -2.29. The van der Waals surface area contributed by atoms with Crippen LogP contribution in [-0.4, -0.2) is 43.3 Å². The van der Waals surface area contributed by atoms with E-state index in [1.807, 2.05) is 0 Å². The van der Waals surface area contributed by atoms with Gasteiger partial charge in [0.2, 0.25) is 0 Å². The van der Waals surface area contributed by atoms with Gasteiger partial charge in [0.05, 0.1) is 25.3 Å². The van der Waals surface area contributed by atoms with Crippen LogP contribution in [0.15, 0.2) is 23.2 Å². The number of fused-ring (bicyclic) bond motifs is 1. The fourth-order valence-corrected chi connectivity index (χ4v) is 3.46. The normalized spacial score (nSPS) is 27.6. The minimum absolute atomic E-state index is 0.236. The van der Waals surface area contributed by atoms with Gasteiger partial charge in [-0.05, 0) is 36.1 Å². The van der Waals surface area contributed by atoms with Crippen LogP contribution in [0, 0.1) is 0 Å². The highest BCUT2D eigenvalue weighted by Crippen LogP contribution is 2.32. The Morgan fingerprint density at radius 1 is 1.33 bits per heavy atom. The van der Waals surface area contributed by atoms with Gasteiger partial charge in [-0.2, -0.15) is 0 Å². The van der Waals surface area contributed by atoms with Crippen LogP contribution in [0.25, 0.3) is 0 Å². The van der Waals surface area contributed by atoms with E-state index in [-0.39, 0.29) is 12.1 Å². The lowest BCUT2D eigenvalue weighted by atomic mass is 10.0. The highest BCUT2D eigenvalue weighted by atomic mass is 16.5. The van der Waals surface area contributed by atoms with E-state index < -0.39 is 0 Å². The molecule has 5 nitrogen and oxygen atoms in total. The summed E-state index contributed by atoms with van der Waals surface area (Å²) in [6, 6.07) is 6.71. The van der Waals surface area contributed by atoms with Crippen molar-refractivity contribution in [2.75, 3.05) is 26.3 Å². The molecule has 3 aliphatic rings. The molecule has 1 aromatic rings. The van der Waals surface area contributed by atoms with Crippen LogP contribution in [0.2, 0.25) is 0 Å². The predicted octanol–water partition coefficient (Wildman–Crippen LogP) is 1.47. The Labute approximate surface area is 124 Å². The van der Waals surface area contributed by atoms with Crippen molar-refractivity contribution in [2.24, 2.45) is 10.7 Å². The van der Waals surface area contributed by atoms with Gasteiger partial charge >= 0.3 is 0 Å². The van der Waals surface area contributed by atoms with Crippen molar-refractivity contribution in [3.63, 3.8) is 0 Å². The Bertz CT molecular complexity index is 567. The molecule has 0 spiro atoms. The predicted molar refractivity (Wildman–Crippen MR) is 80.6 cm³/mol. The topological polar surface area (TPSA) is 60.1 Å². The smallest absolute Gasteiger partial charge is 0.192 e. The van der Waals surface area contributed by atoms with E-state index in [9.17, 15) is 0 Å². The molecule has 21 heavy (non-hydrogen) atoms. The van der Waals surface area contributed by atoms with E-state index in [2.05, 4.69) is 28.1 Å². The molecule has 1 aromatic carbocycles. The zero-order valence-electron chi connectivity index (χ0n) is 12.1. The zero-order valence-corrected chi connectivity index (χ0v) is 12.1. The Kier molecular flexibility index (Phi) is 3.22. The monoisotopic (exact) mass is 287 g/mol. The Morgan fingerprint density at radius 3 is 3.14 bits per heavy atom. The first-order valence-corrected chi connectivity index (χ1v) is 7.75. The molecule has 3 heterocycles. The van der Waals surface area contributed by atoms with E-state index in [1.54, 1.807) is 0 Å². The third kappa shape index (κ3) is 2.35. The number of rotatable bonds is 3. The van der Waals surface area contributed by atoms with Crippen LogP contribution in [0.4, 0.5) is 0 Å². The molecule has 2 atom stereocenters. The van der Waals surface area contributed by atoms with E-state index >= 15 is 0 Å². The molecule has 5 heteroatoms. The Morgan fingerprint density at radius 2 is 2.29 bits per heavy atom. The maximum atomic E-state index is 6.09. The van der Waals surface area contributed by atoms with Gasteiger partial charge in [-0.15, -0.1) is 0 Å². The summed E-state index contributed by atoms with van der Waals surface area (Å²) in [7, 11) is 0. The summed E-state index contributed by atoms with van der Waals surface area (Å²) in [6.45, 7) is 3.24. The second-order valence-corrected chi connectivity index (χ2v) is 5.97. The van der Waals surface area contributed by atoms with E-state index in [4.69, 9.17) is 15.2 Å². The summed E-state index contributed by atoms with van der Waals surface area (Å²) in [4.78, 5) is 6.65. The van der Waals surface area contributed by atoms with Crippen LogP contribution >= 0.6 is 0 Å². The highest BCUT2D eigenvalue weighted by molar-refractivity contribution is 5.80. The third-order valence-electron chi connectivity index (χ3n) is 4.62. The first-order chi connectivity index (χ1) is 10.3. The highest BCUT2D eigenvalue weighted by Gasteiger charge is 2.31. The van der Waals surface area contributed by atoms with Crippen LogP contribution in [0.5, 0.6) is 5.75 Å². The molecule has 0 radical (unpaired) electrons. The number of benzene rings is 1. The van der Waals surface area contributed by atoms with Gasteiger partial charge in [0.15, 0.2) is 5.96 Å². The van der Waals surface area contributed by atoms with Crippen molar-refractivity contribution in [1.29, 1.82) is 0 Å². The van der Waals surface area contributed by atoms with Crippen molar-refractivity contribution in [3.05, 3.63) is 29.3 Å². The molecule has 0 aromatic heterocycles. The maximum absolute atomic E-state index is 6.09. The van der Waals surface area contributed by atoms with E-state index in [0.717, 1.165) is 51.3 Å². The van der Waals surface area contributed by atoms with Gasteiger partial charge < -0.3 is 20.1 Å². The third-order valence-corrected chi connectivity index (χ3v) is 4.62. The van der Waals surface area contributed by atoms with Crippen LogP contribution in [0.1, 0.15) is 30.0 Å². The number of hydrogen-bond acceptors (Lipinski definition) is 5. The second kappa shape index (κ2) is 5.22. The summed E-state index contributed by atoms with van der Waals surface area (Å²) < 4.78 is 11.3. The molecule has 0 saturated carbocycles. The summed E-state index contributed by atoms with van der Waals surface area (Å²) in [5.74, 6) is 1.67. The van der Waals surface area contributed by atoms with Gasteiger partial charge in [0, 0.05) is 19.6 Å². The SMILES string of the molecule is NC1=NCC(c2ccc3c(c2)CCO3)N1CC1CCCO1. The Balaban J connectivity index is 1.55. The quantitative estimate of drug-likeness (QED) is 0.914. The lowest BCUT2D eigenvalue weighted by molar-refractivity contribution is 0.0853. The van der Waals surface area contributed by atoms with Crippen molar-refractivity contribution in [1.82, 2.24) is 4.90 Å². The zero-order chi connectivity index (χ0) is 14.2. The number of ether oxygens (including phenoxy) is 2. The van der Waals surface area contributed by atoms with Crippen LogP contribution in [0.3, 0.4) is 0 Å². The number of nitrogens with zero attached hydrogens (tertiary/aromatic N) is 2. The molecule has 1 saturated heterocycles. The minimum atomic E-state index is 0.236. The second-order valence-electron chi connectivity index (χ2n) is 5.97. The fourth-order valence-electron chi connectivity index (χ4n) is 3.46. The Hall–Kier alpha value is -1.75. The molecule has 112 valence electrons. The molecule has 4 rings (SSSR count). The molecular weight excluding hydrogens is 266 g/mol. The molecule has 2 unspecified atom stereocenters. The van der Waals surface area contributed by atoms with Crippen molar-refractivity contribution < 1.29 is 9.47 Å². The summed E-state index contributed by atoms with van der Waals surface area (Å²) >= 11 is 0. The number of hydrogen-bond donors (Lipinski definition) is 1. The van der Waals surface area contributed by atoms with Gasteiger partial charge in [-0.3, -0.25) is 4.99 Å². The van der Waals surface area contributed by atoms with Crippen molar-refractivity contribution >= 4 is 5.96 Å². The standard InChI is InChI=1S/C16H21N3O2/c17-16-18-9-14(19(16)10-13-2-1-6-20-13)11-3-4-15-12(8-11)5-7-21-15/h3-4,8,13-14H,1-2,5-7,9-10H2,(H2,17,18). The largest absolute Gasteiger partial charge is 0.493 e. The van der Waals surface area contributed by atoms with Gasteiger partial charge in [0.25, 0.3) is 0 Å². The van der Waals surface area contributed by atoms with E-state index in [0.29, 0.717) is 5.96 Å². The molecule has 2 N–H and O–H groups in total. The van der Waals surface area contributed by atoms with Crippen LogP contribution < -0.4 is 10.5 Å². The summed E-state index contributed by atoms with van der Waals surface area (Å²) in [5, 5.41) is 0. The minimum Gasteiger partial charge on any atom is -0.493 e. The molecule has 1 fully saturated rings. The van der Waals surface area contributed by atoms with E-state index in [1.165, 1.54) is 11.1 Å². The molecule has 3 aliphatic heterocycles. The first kappa shape index (κ1) is 13.0. The van der Waals surface area contributed by atoms with Gasteiger partial charge in [-0.25, -0.2) is 0 Å². The molecule has 0 amide bonds. The van der Waals surface area contributed by atoms with Gasteiger partial charge in [0.1, 0.15) is 5.75 Å². The molecular formula is C16H21N3O2. The number of guanidine groups is 1. The maximum Gasteiger partial charge on any atom is 0.192 e. The fraction of sp³-hybridized carbons (Fsp3) is 0.562. The number of nitrogens with two attached hydrogens (primary N) is 1. The molecule has 0 bridgehead atoms. The number of aliphatic imine (C=N–C) groups is 1. The van der Waals surface area contributed by atoms with Gasteiger partial charge in [-0.1, -0.05) is 6.07 Å². The molecule has 0 aliphatic carbocycles. The summed E-state index contributed by atoms with van der Waals surface area (Å²) in [6.07, 6.45) is 3.56. The first-order valence-electron chi connectivity index (χ1n) is 7.75. The summed E-state index contributed by atoms with van der Waals surface area (Å²) in [5.41, 5.74) is 8.67. The lowest BCUT2D eigenvalue weighted by Crippen LogP contribution is -2.41. The average Bonchev–Trinajstić information content (AvgIpc) is 3.21. The van der Waals surface area contributed by atoms with Crippen LogP contribution in [-0.2, 0) is 11.2 Å². The average molecular weight is 287 g/mol.